The van der Waals surface area contributed by atoms with Gasteiger partial charge in [-0.1, -0.05) is 0 Å². The van der Waals surface area contributed by atoms with Crippen LogP contribution < -0.4 is 4.74 Å². The van der Waals surface area contributed by atoms with Crippen molar-refractivity contribution in [2.75, 3.05) is 7.11 Å². The summed E-state index contributed by atoms with van der Waals surface area (Å²) in [4.78, 5) is 0.721. The van der Waals surface area contributed by atoms with Gasteiger partial charge < -0.3 is 9.84 Å². The van der Waals surface area contributed by atoms with Crippen LogP contribution in [0, 0.1) is 11.3 Å². The molecule has 1 unspecified atom stereocenters. The van der Waals surface area contributed by atoms with Crippen LogP contribution >= 0.6 is 11.3 Å². The zero-order valence-electron chi connectivity index (χ0n) is 6.65. The van der Waals surface area contributed by atoms with E-state index in [-0.39, 0.29) is 6.42 Å². The minimum absolute atomic E-state index is 0.108. The first-order valence-corrected chi connectivity index (χ1v) is 4.34. The number of aliphatic hydroxyl groups is 1. The monoisotopic (exact) mass is 183 g/mol. The summed E-state index contributed by atoms with van der Waals surface area (Å²) in [7, 11) is 1.55. The van der Waals surface area contributed by atoms with Gasteiger partial charge in [0.05, 0.1) is 24.5 Å². The minimum atomic E-state index is -0.718. The van der Waals surface area contributed by atoms with Gasteiger partial charge in [-0.15, -0.1) is 11.3 Å². The summed E-state index contributed by atoms with van der Waals surface area (Å²) in [6.07, 6.45) is -0.610. The summed E-state index contributed by atoms with van der Waals surface area (Å²) in [5.74, 6) is 0.655. The Morgan fingerprint density at radius 1 is 1.83 bits per heavy atom. The van der Waals surface area contributed by atoms with Crippen LogP contribution in [-0.2, 0) is 0 Å². The van der Waals surface area contributed by atoms with Crippen LogP contribution in [-0.4, -0.2) is 12.2 Å². The van der Waals surface area contributed by atoms with Gasteiger partial charge in [-0.3, -0.25) is 0 Å². The van der Waals surface area contributed by atoms with Crippen LogP contribution in [0.2, 0.25) is 0 Å². The van der Waals surface area contributed by atoms with Crippen molar-refractivity contribution in [2.24, 2.45) is 0 Å². The van der Waals surface area contributed by atoms with Crippen molar-refractivity contribution in [3.8, 4) is 11.8 Å². The highest BCUT2D eigenvalue weighted by atomic mass is 32.1. The summed E-state index contributed by atoms with van der Waals surface area (Å²) in [5, 5.41) is 19.6. The van der Waals surface area contributed by atoms with Crippen molar-refractivity contribution >= 4 is 11.3 Å². The second-order valence-corrected chi connectivity index (χ2v) is 3.18. The molecule has 0 aliphatic carbocycles. The van der Waals surface area contributed by atoms with Gasteiger partial charge in [0.1, 0.15) is 11.9 Å². The predicted molar refractivity (Wildman–Crippen MR) is 46.1 cm³/mol. The van der Waals surface area contributed by atoms with Crippen molar-refractivity contribution in [1.29, 1.82) is 5.26 Å². The summed E-state index contributed by atoms with van der Waals surface area (Å²) in [6.45, 7) is 0. The lowest BCUT2D eigenvalue weighted by Gasteiger charge is -2.05. The zero-order chi connectivity index (χ0) is 8.97. The highest BCUT2D eigenvalue weighted by Crippen LogP contribution is 2.31. The van der Waals surface area contributed by atoms with E-state index in [1.807, 2.05) is 11.4 Å². The molecule has 4 heteroatoms. The van der Waals surface area contributed by atoms with Crippen LogP contribution in [0.25, 0.3) is 0 Å². The molecule has 0 bridgehead atoms. The molecule has 0 aliphatic rings. The van der Waals surface area contributed by atoms with Crippen molar-refractivity contribution < 1.29 is 9.84 Å². The molecule has 3 nitrogen and oxygen atoms in total. The second-order valence-electron chi connectivity index (χ2n) is 2.23. The van der Waals surface area contributed by atoms with Gasteiger partial charge >= 0.3 is 0 Å². The summed E-state index contributed by atoms with van der Waals surface area (Å²) in [5.41, 5.74) is 0. The standard InChI is InChI=1S/C8H9NO2S/c1-11-7-3-5-12-8(7)6(10)2-4-9/h3,5-6,10H,2H2,1H3. The lowest BCUT2D eigenvalue weighted by atomic mass is 10.2. The van der Waals surface area contributed by atoms with Gasteiger partial charge in [0, 0.05) is 0 Å². The van der Waals surface area contributed by atoms with Crippen molar-refractivity contribution in [3.05, 3.63) is 16.3 Å². The molecule has 0 saturated carbocycles. The fourth-order valence-electron chi connectivity index (χ4n) is 0.900. The van der Waals surface area contributed by atoms with Gasteiger partial charge in [-0.05, 0) is 11.4 Å². The molecule has 64 valence electrons. The second kappa shape index (κ2) is 4.10. The number of methoxy groups -OCH3 is 1. The molecule has 0 radical (unpaired) electrons. The van der Waals surface area contributed by atoms with Gasteiger partial charge in [-0.2, -0.15) is 5.26 Å². The molecule has 12 heavy (non-hydrogen) atoms. The Kier molecular flexibility index (Phi) is 3.09. The molecule has 0 amide bonds. The van der Waals surface area contributed by atoms with Gasteiger partial charge in [0.15, 0.2) is 0 Å². The third kappa shape index (κ3) is 1.76. The number of nitriles is 1. The number of thiophene rings is 1. The Bertz CT molecular complexity index is 289. The summed E-state index contributed by atoms with van der Waals surface area (Å²) < 4.78 is 4.99. The number of ether oxygens (including phenoxy) is 1. The maximum absolute atomic E-state index is 9.43. The largest absolute Gasteiger partial charge is 0.495 e. The molecule has 0 fully saturated rings. The number of aliphatic hydroxyl groups excluding tert-OH is 1. The number of hydrogen-bond acceptors (Lipinski definition) is 4. The third-order valence-corrected chi connectivity index (χ3v) is 2.46. The fourth-order valence-corrected chi connectivity index (χ4v) is 1.75. The first-order chi connectivity index (χ1) is 5.79. The van der Waals surface area contributed by atoms with Gasteiger partial charge in [0.25, 0.3) is 0 Å². The molecule has 0 aromatic carbocycles. The van der Waals surface area contributed by atoms with E-state index in [1.54, 1.807) is 13.2 Å². The molecule has 0 saturated heterocycles. The molecule has 0 spiro atoms. The van der Waals surface area contributed by atoms with Crippen LogP contribution in [0.1, 0.15) is 17.4 Å². The molecule has 1 heterocycles. The van der Waals surface area contributed by atoms with E-state index in [2.05, 4.69) is 0 Å². The molecule has 1 aromatic rings. The van der Waals surface area contributed by atoms with Crippen LogP contribution in [0.4, 0.5) is 0 Å². The quantitative estimate of drug-likeness (QED) is 0.776. The van der Waals surface area contributed by atoms with Gasteiger partial charge in [-0.25, -0.2) is 0 Å². The van der Waals surface area contributed by atoms with Crippen LogP contribution in [0.3, 0.4) is 0 Å². The molecule has 1 rings (SSSR count). The van der Waals surface area contributed by atoms with E-state index >= 15 is 0 Å². The molecule has 1 atom stereocenters. The smallest absolute Gasteiger partial charge is 0.135 e. The van der Waals surface area contributed by atoms with Gasteiger partial charge in [0.2, 0.25) is 0 Å². The van der Waals surface area contributed by atoms with Crippen molar-refractivity contribution in [1.82, 2.24) is 0 Å². The van der Waals surface area contributed by atoms with Crippen molar-refractivity contribution in [2.45, 2.75) is 12.5 Å². The molecular formula is C8H9NO2S. The molecule has 0 aliphatic heterocycles. The van der Waals surface area contributed by atoms with Crippen molar-refractivity contribution in [3.63, 3.8) is 0 Å². The number of hydrogen-bond donors (Lipinski definition) is 1. The lowest BCUT2D eigenvalue weighted by molar-refractivity contribution is 0.183. The first kappa shape index (κ1) is 9.04. The Labute approximate surface area is 74.8 Å². The van der Waals surface area contributed by atoms with E-state index in [9.17, 15) is 5.11 Å². The van der Waals surface area contributed by atoms with Crippen LogP contribution in [0.15, 0.2) is 11.4 Å². The third-order valence-electron chi connectivity index (χ3n) is 1.46. The first-order valence-electron chi connectivity index (χ1n) is 3.46. The molecule has 1 aromatic heterocycles. The van der Waals surface area contributed by atoms with E-state index in [0.29, 0.717) is 5.75 Å². The Morgan fingerprint density at radius 3 is 3.17 bits per heavy atom. The number of nitrogens with zero attached hydrogens (tertiary/aromatic N) is 1. The average molecular weight is 183 g/mol. The zero-order valence-corrected chi connectivity index (χ0v) is 7.47. The van der Waals surface area contributed by atoms with E-state index < -0.39 is 6.10 Å². The summed E-state index contributed by atoms with van der Waals surface area (Å²) >= 11 is 1.40. The highest BCUT2D eigenvalue weighted by Gasteiger charge is 2.13. The SMILES string of the molecule is COc1ccsc1C(O)CC#N. The fraction of sp³-hybridized carbons (Fsp3) is 0.375. The predicted octanol–water partition coefficient (Wildman–Crippen LogP) is 1.70. The minimum Gasteiger partial charge on any atom is -0.495 e. The number of rotatable bonds is 3. The lowest BCUT2D eigenvalue weighted by Crippen LogP contribution is -1.95. The topological polar surface area (TPSA) is 53.2 Å². The Hall–Kier alpha value is -1.05. The van der Waals surface area contributed by atoms with E-state index in [0.717, 1.165) is 4.88 Å². The maximum atomic E-state index is 9.43. The average Bonchev–Trinajstić information content (AvgIpc) is 2.51. The maximum Gasteiger partial charge on any atom is 0.135 e. The molecule has 1 N–H and O–H groups in total. The normalized spacial score (nSPS) is 12.1. The Morgan fingerprint density at radius 2 is 2.58 bits per heavy atom. The van der Waals surface area contributed by atoms with Crippen LogP contribution in [0.5, 0.6) is 5.75 Å². The summed E-state index contributed by atoms with van der Waals surface area (Å²) in [6, 6.07) is 3.69. The van der Waals surface area contributed by atoms with E-state index in [4.69, 9.17) is 10.00 Å². The Balaban J connectivity index is 2.80. The highest BCUT2D eigenvalue weighted by molar-refractivity contribution is 7.10. The molecular weight excluding hydrogens is 174 g/mol. The van der Waals surface area contributed by atoms with E-state index in [1.165, 1.54) is 11.3 Å².